The molecule has 1 rings (SSSR count). The Balaban J connectivity index is 3.29. The highest BCUT2D eigenvalue weighted by atomic mass is 32.2. The van der Waals surface area contributed by atoms with Gasteiger partial charge in [-0.1, -0.05) is 0 Å². The Bertz CT molecular complexity index is 454. The molecule has 0 spiro atoms. The average molecular weight is 230 g/mol. The molecule has 0 atom stereocenters. The van der Waals surface area contributed by atoms with Crippen LogP contribution in [0.5, 0.6) is 5.75 Å². The lowest BCUT2D eigenvalue weighted by Gasteiger charge is -2.09. The maximum atomic E-state index is 11.8. The summed E-state index contributed by atoms with van der Waals surface area (Å²) in [5.74, 6) is 0.455. The molecule has 2 N–H and O–H groups in total. The summed E-state index contributed by atoms with van der Waals surface area (Å²) in [6.07, 6.45) is 1.24. The van der Waals surface area contributed by atoms with Crippen molar-refractivity contribution >= 4 is 15.7 Å². The van der Waals surface area contributed by atoms with Crippen LogP contribution in [0.4, 0.5) is 5.82 Å². The van der Waals surface area contributed by atoms with E-state index in [9.17, 15) is 8.42 Å². The van der Waals surface area contributed by atoms with Gasteiger partial charge < -0.3 is 10.5 Å². The smallest absolute Gasteiger partial charge is 0.182 e. The molecule has 6 heteroatoms. The molecule has 0 aromatic carbocycles. The Morgan fingerprint density at radius 3 is 2.53 bits per heavy atom. The third-order valence-corrected chi connectivity index (χ3v) is 4.15. The third kappa shape index (κ3) is 2.20. The van der Waals surface area contributed by atoms with E-state index >= 15 is 0 Å². The molecule has 1 heterocycles. The number of pyridine rings is 1. The van der Waals surface area contributed by atoms with Crippen LogP contribution in [0.15, 0.2) is 17.2 Å². The number of hydrogen-bond donors (Lipinski definition) is 1. The zero-order valence-electron chi connectivity index (χ0n) is 8.89. The van der Waals surface area contributed by atoms with Crippen molar-refractivity contribution in [3.05, 3.63) is 12.3 Å². The highest BCUT2D eigenvalue weighted by Crippen LogP contribution is 2.24. The van der Waals surface area contributed by atoms with E-state index in [0.29, 0.717) is 0 Å². The van der Waals surface area contributed by atoms with Gasteiger partial charge in [-0.2, -0.15) is 0 Å². The number of hydrogen-bond acceptors (Lipinski definition) is 5. The maximum Gasteiger partial charge on any atom is 0.182 e. The monoisotopic (exact) mass is 230 g/mol. The number of nitrogens with zero attached hydrogens (tertiary/aromatic N) is 1. The Morgan fingerprint density at radius 2 is 2.07 bits per heavy atom. The molecule has 0 bridgehead atoms. The second-order valence-corrected chi connectivity index (χ2v) is 5.86. The first-order chi connectivity index (χ1) is 6.89. The first kappa shape index (κ1) is 11.8. The molecule has 0 aliphatic heterocycles. The molecule has 0 aliphatic carbocycles. The molecule has 84 valence electrons. The van der Waals surface area contributed by atoms with E-state index in [2.05, 4.69) is 4.98 Å². The largest absolute Gasteiger partial charge is 0.493 e. The minimum atomic E-state index is -3.32. The molecule has 0 saturated heterocycles. The van der Waals surface area contributed by atoms with Crippen LogP contribution in [0.25, 0.3) is 0 Å². The summed E-state index contributed by atoms with van der Waals surface area (Å²) >= 11 is 0. The molecule has 0 fully saturated rings. The van der Waals surface area contributed by atoms with Crippen molar-refractivity contribution < 1.29 is 13.2 Å². The summed E-state index contributed by atoms with van der Waals surface area (Å²) in [7, 11) is -1.91. The van der Waals surface area contributed by atoms with Crippen LogP contribution in [-0.4, -0.2) is 25.8 Å². The highest BCUT2D eigenvalue weighted by molar-refractivity contribution is 7.92. The third-order valence-electron chi connectivity index (χ3n) is 2.03. The van der Waals surface area contributed by atoms with Crippen LogP contribution in [0, 0.1) is 0 Å². The van der Waals surface area contributed by atoms with Crippen LogP contribution in [0.2, 0.25) is 0 Å². The summed E-state index contributed by atoms with van der Waals surface area (Å²) < 4.78 is 28.5. The van der Waals surface area contributed by atoms with Gasteiger partial charge in [-0.15, -0.1) is 0 Å². The van der Waals surface area contributed by atoms with E-state index in [1.165, 1.54) is 19.4 Å². The van der Waals surface area contributed by atoms with E-state index in [-0.39, 0.29) is 16.5 Å². The quantitative estimate of drug-likeness (QED) is 0.832. The van der Waals surface area contributed by atoms with E-state index in [1.54, 1.807) is 13.8 Å². The van der Waals surface area contributed by atoms with Gasteiger partial charge in [-0.3, -0.25) is 0 Å². The number of nitrogens with two attached hydrogens (primary N) is 1. The maximum absolute atomic E-state index is 11.8. The lowest BCUT2D eigenvalue weighted by Crippen LogP contribution is -2.14. The molecule has 0 aliphatic rings. The summed E-state index contributed by atoms with van der Waals surface area (Å²) in [6, 6.07) is 1.39. The lowest BCUT2D eigenvalue weighted by atomic mass is 10.4. The van der Waals surface area contributed by atoms with Crippen molar-refractivity contribution in [3.63, 3.8) is 0 Å². The number of rotatable bonds is 3. The van der Waals surface area contributed by atoms with Gasteiger partial charge >= 0.3 is 0 Å². The van der Waals surface area contributed by atoms with Gasteiger partial charge in [0.1, 0.15) is 0 Å². The van der Waals surface area contributed by atoms with E-state index in [4.69, 9.17) is 10.5 Å². The minimum absolute atomic E-state index is 0.128. The molecule has 5 nitrogen and oxygen atoms in total. The Morgan fingerprint density at radius 1 is 1.47 bits per heavy atom. The zero-order chi connectivity index (χ0) is 11.6. The zero-order valence-corrected chi connectivity index (χ0v) is 9.71. The number of nitrogen functional groups attached to an aromatic ring is 1. The molecule has 15 heavy (non-hydrogen) atoms. The van der Waals surface area contributed by atoms with E-state index < -0.39 is 15.1 Å². The second-order valence-electron chi connectivity index (χ2n) is 3.35. The fraction of sp³-hybridized carbons (Fsp3) is 0.444. The molecule has 0 saturated carbocycles. The first-order valence-electron chi connectivity index (χ1n) is 4.43. The summed E-state index contributed by atoms with van der Waals surface area (Å²) in [4.78, 5) is 3.90. The fourth-order valence-electron chi connectivity index (χ4n) is 1.03. The first-order valence-corrected chi connectivity index (χ1v) is 5.97. The van der Waals surface area contributed by atoms with Gasteiger partial charge in [-0.05, 0) is 13.8 Å². The van der Waals surface area contributed by atoms with Crippen LogP contribution in [-0.2, 0) is 9.84 Å². The Kier molecular flexibility index (Phi) is 3.18. The molecular weight excluding hydrogens is 216 g/mol. The van der Waals surface area contributed by atoms with Crippen LogP contribution in [0.3, 0.4) is 0 Å². The van der Waals surface area contributed by atoms with Gasteiger partial charge in [0, 0.05) is 12.3 Å². The van der Waals surface area contributed by atoms with E-state index in [1.807, 2.05) is 0 Å². The molecule has 0 radical (unpaired) electrons. The van der Waals surface area contributed by atoms with Gasteiger partial charge in [0.05, 0.1) is 17.3 Å². The summed E-state index contributed by atoms with van der Waals surface area (Å²) in [5.41, 5.74) is 5.49. The minimum Gasteiger partial charge on any atom is -0.493 e. The van der Waals surface area contributed by atoms with Crippen molar-refractivity contribution in [3.8, 4) is 5.75 Å². The van der Waals surface area contributed by atoms with Crippen molar-refractivity contribution in [2.24, 2.45) is 0 Å². The molecule has 1 aromatic heterocycles. The topological polar surface area (TPSA) is 82.3 Å². The molecule has 0 unspecified atom stereocenters. The predicted molar refractivity (Wildman–Crippen MR) is 57.5 cm³/mol. The van der Waals surface area contributed by atoms with Crippen LogP contribution >= 0.6 is 0 Å². The van der Waals surface area contributed by atoms with Crippen LogP contribution < -0.4 is 10.5 Å². The van der Waals surface area contributed by atoms with Crippen molar-refractivity contribution in [2.75, 3.05) is 12.8 Å². The standard InChI is InChI=1S/C9H14N2O3S/c1-6(2)15(12,13)7-4-8(14-3)9(10)11-5-7/h4-6H,1-3H3,(H2,10,11). The second kappa shape index (κ2) is 4.06. The fourth-order valence-corrected chi connectivity index (χ4v) is 2.04. The van der Waals surface area contributed by atoms with Gasteiger partial charge in [-0.25, -0.2) is 13.4 Å². The van der Waals surface area contributed by atoms with Gasteiger partial charge in [0.2, 0.25) is 0 Å². The molecule has 0 amide bonds. The average Bonchev–Trinajstić information content (AvgIpc) is 2.18. The van der Waals surface area contributed by atoms with Crippen LogP contribution in [0.1, 0.15) is 13.8 Å². The number of methoxy groups -OCH3 is 1. The molecule has 1 aromatic rings. The number of sulfone groups is 1. The Hall–Kier alpha value is -1.30. The van der Waals surface area contributed by atoms with Gasteiger partial charge in [0.25, 0.3) is 0 Å². The molecular formula is C9H14N2O3S. The lowest BCUT2D eigenvalue weighted by molar-refractivity contribution is 0.414. The normalized spacial score (nSPS) is 11.7. The SMILES string of the molecule is COc1cc(S(=O)(=O)C(C)C)cnc1N. The van der Waals surface area contributed by atoms with Crippen molar-refractivity contribution in [1.82, 2.24) is 4.98 Å². The number of anilines is 1. The summed E-state index contributed by atoms with van der Waals surface area (Å²) in [6.45, 7) is 3.22. The predicted octanol–water partition coefficient (Wildman–Crippen LogP) is 0.854. The number of aromatic nitrogens is 1. The Labute approximate surface area is 89.2 Å². The van der Waals surface area contributed by atoms with Crippen molar-refractivity contribution in [1.29, 1.82) is 0 Å². The summed E-state index contributed by atoms with van der Waals surface area (Å²) in [5, 5.41) is -0.493. The van der Waals surface area contributed by atoms with Crippen molar-refractivity contribution in [2.45, 2.75) is 24.0 Å². The highest BCUT2D eigenvalue weighted by Gasteiger charge is 2.20. The van der Waals surface area contributed by atoms with E-state index in [0.717, 1.165) is 0 Å². The van der Waals surface area contributed by atoms with Gasteiger partial charge in [0.15, 0.2) is 21.4 Å². The number of ether oxygens (including phenoxy) is 1.